The second kappa shape index (κ2) is 19.9. The number of ketones is 1. The number of carbonyl (C=O) groups is 2. The Morgan fingerprint density at radius 2 is 0.731 bits per heavy atom. The van der Waals surface area contributed by atoms with Crippen LogP contribution in [0.15, 0.2) is 54.7 Å². The molecule has 354 valence electrons. The lowest BCUT2D eigenvalue weighted by Gasteiger charge is -2.44. The lowest BCUT2D eigenvalue weighted by molar-refractivity contribution is -0.685. The zero-order valence-corrected chi connectivity index (χ0v) is 32.8. The highest BCUT2D eigenvalue weighted by molar-refractivity contribution is 7.20. The first-order chi connectivity index (χ1) is 31.4. The number of aromatic nitrogens is 1. The van der Waals surface area contributed by atoms with Gasteiger partial charge in [0, 0.05) is 17.7 Å². The van der Waals surface area contributed by atoms with Crippen molar-refractivity contribution in [2.75, 3.05) is 6.61 Å². The molecule has 5 aromatic carbocycles. The number of nitrogens with zero attached hydrogens (tertiary/aromatic N) is 1. The molecule has 6 rings (SSSR count). The molecule has 0 amide bonds. The smallest absolute Gasteiger partial charge is 0.403 e. The van der Waals surface area contributed by atoms with Crippen molar-refractivity contribution >= 4 is 39.7 Å². The first-order valence-electron chi connectivity index (χ1n) is 18.4. The van der Waals surface area contributed by atoms with Gasteiger partial charge in [0.05, 0.1) is 6.61 Å². The molecule has 0 radical (unpaired) electrons. The summed E-state index contributed by atoms with van der Waals surface area (Å²) in [6.07, 6.45) is -3.70. The number of pyridine rings is 1. The van der Waals surface area contributed by atoms with E-state index in [0.717, 1.165) is 12.8 Å². The van der Waals surface area contributed by atoms with Crippen molar-refractivity contribution in [2.45, 2.75) is 26.3 Å². The van der Waals surface area contributed by atoms with E-state index in [9.17, 15) is 62.3 Å². The summed E-state index contributed by atoms with van der Waals surface area (Å²) in [6, 6.07) is 14.3. The summed E-state index contributed by atoms with van der Waals surface area (Å²) in [5.74, 6) is -71.8. The molecule has 4 nitrogen and oxygen atoms in total. The summed E-state index contributed by atoms with van der Waals surface area (Å²) in [7, 11) is 0. The van der Waals surface area contributed by atoms with Gasteiger partial charge in [-0.05, 0) is 12.5 Å². The predicted octanol–water partition coefficient (Wildman–Crippen LogP) is 8.66. The van der Waals surface area contributed by atoms with Crippen LogP contribution in [-0.4, -0.2) is 24.5 Å². The number of benzene rings is 5. The summed E-state index contributed by atoms with van der Waals surface area (Å²) in [5.41, 5.74) is -13.3. The van der Waals surface area contributed by atoms with Gasteiger partial charge in [0.2, 0.25) is 12.3 Å². The Kier molecular flexibility index (Phi) is 15.1. The second-order valence-electron chi connectivity index (χ2n) is 13.8. The van der Waals surface area contributed by atoms with Crippen LogP contribution in [-0.2, 0) is 11.3 Å². The van der Waals surface area contributed by atoms with Crippen molar-refractivity contribution in [1.29, 1.82) is 0 Å². The van der Waals surface area contributed by atoms with E-state index in [-0.39, 0.29) is 12.3 Å². The summed E-state index contributed by atoms with van der Waals surface area (Å²) in [4.78, 5) is 24.4. The molecule has 0 aliphatic carbocycles. The van der Waals surface area contributed by atoms with E-state index >= 15 is 35.1 Å². The minimum atomic E-state index is -7.22. The molecule has 25 heteroatoms. The summed E-state index contributed by atoms with van der Waals surface area (Å²) >= 11 is 0. The van der Waals surface area contributed by atoms with Gasteiger partial charge in [0.1, 0.15) is 52.7 Å². The van der Waals surface area contributed by atoms with Crippen LogP contribution in [0.3, 0.4) is 0 Å². The van der Waals surface area contributed by atoms with E-state index in [1.54, 1.807) is 41.1 Å². The van der Waals surface area contributed by atoms with Gasteiger partial charge in [-0.2, -0.15) is 4.57 Å². The minimum Gasteiger partial charge on any atom is -0.458 e. The molecule has 0 atom stereocenters. The third-order valence-corrected chi connectivity index (χ3v) is 10.00. The molecule has 1 aromatic heterocycles. The number of hydrogen-bond acceptors (Lipinski definition) is 3. The van der Waals surface area contributed by atoms with Crippen LogP contribution in [0.5, 0.6) is 0 Å². The van der Waals surface area contributed by atoms with E-state index < -0.39 is 150 Å². The fourth-order valence-electron chi connectivity index (χ4n) is 6.93. The van der Waals surface area contributed by atoms with Crippen LogP contribution in [0.1, 0.15) is 40.6 Å². The average Bonchev–Trinajstić information content (AvgIpc) is 3.32. The number of halogens is 20. The van der Waals surface area contributed by atoms with Crippen molar-refractivity contribution in [2.24, 2.45) is 0 Å². The molecule has 0 fully saturated rings. The number of hydrogen-bond donors (Lipinski definition) is 0. The van der Waals surface area contributed by atoms with Crippen LogP contribution in [0.2, 0.25) is 0 Å². The Hall–Kier alpha value is -6.95. The number of rotatable bonds is 11. The SMILES string of the molecule is CCCCOC(=O)c1cccc[n+]1CC(=O)c1ccccc1.Fc1c(F)c(F)c([B-](c2c(F)c(F)c(F)c(F)c2F)(c2c(F)c(F)c(F)c(F)c2F)c2c(F)c(F)c(F)c(F)c2F)c(F)c1F. The average molecular weight is 977 g/mol. The van der Waals surface area contributed by atoms with E-state index in [4.69, 9.17) is 4.74 Å². The minimum absolute atomic E-state index is 0.0422. The monoisotopic (exact) mass is 977 g/mol. The number of Topliss-reactive ketones (excluding diaryl/α,β-unsaturated/α-hetero) is 1. The predicted molar refractivity (Wildman–Crippen MR) is 192 cm³/mol. The zero-order valence-electron chi connectivity index (χ0n) is 32.8. The topological polar surface area (TPSA) is 47.2 Å². The second-order valence-corrected chi connectivity index (χ2v) is 13.8. The van der Waals surface area contributed by atoms with E-state index in [2.05, 4.69) is 0 Å². The van der Waals surface area contributed by atoms with Crippen molar-refractivity contribution in [1.82, 2.24) is 0 Å². The molecule has 0 bridgehead atoms. The zero-order chi connectivity index (χ0) is 50.1. The molecule has 0 saturated heterocycles. The van der Waals surface area contributed by atoms with Crippen LogP contribution >= 0.6 is 0 Å². The van der Waals surface area contributed by atoms with Gasteiger partial charge in [-0.3, -0.25) is 4.79 Å². The van der Waals surface area contributed by atoms with E-state index in [1.807, 2.05) is 25.1 Å². The Morgan fingerprint density at radius 1 is 0.433 bits per heavy atom. The highest BCUT2D eigenvalue weighted by atomic mass is 19.2. The highest BCUT2D eigenvalue weighted by Gasteiger charge is 2.52. The van der Waals surface area contributed by atoms with Gasteiger partial charge in [-0.15, -0.1) is 21.9 Å². The van der Waals surface area contributed by atoms with Gasteiger partial charge in [0.15, 0.2) is 76.0 Å². The van der Waals surface area contributed by atoms with Crippen LogP contribution < -0.4 is 26.4 Å². The third kappa shape index (κ3) is 8.65. The standard InChI is InChI=1S/C24BF20.C18H20NO3/c26-5-1(6(27)14(35)21(42)13(5)34)25(2-7(28)15(36)22(43)16(37)8(2)29,3-9(30)17(38)23(44)18(39)10(3)31)4-11(32)19(40)24(45)20(41)12(4)33;1-2-3-13-22-18(21)16-11-7-8-12-19(16)14-17(20)15-9-5-4-6-10-15/h;4-12H,2-3,13-14H2,1H3/q-1;+1. The maximum Gasteiger partial charge on any atom is 0.403 e. The lowest BCUT2D eigenvalue weighted by atomic mass is 9.12. The van der Waals surface area contributed by atoms with Crippen molar-refractivity contribution in [3.8, 4) is 0 Å². The Morgan fingerprint density at radius 3 is 1.04 bits per heavy atom. The normalized spacial score (nSPS) is 11.4. The molecule has 0 spiro atoms. The van der Waals surface area contributed by atoms with Gasteiger partial charge in [-0.25, -0.2) is 92.6 Å². The molecular formula is C42H20BF20NO3. The maximum atomic E-state index is 15.4. The molecule has 0 N–H and O–H groups in total. The molecule has 0 saturated carbocycles. The van der Waals surface area contributed by atoms with E-state index in [1.165, 1.54) is 0 Å². The Labute approximate surface area is 361 Å². The molecule has 67 heavy (non-hydrogen) atoms. The summed E-state index contributed by atoms with van der Waals surface area (Å²) in [5, 5.41) is 0. The van der Waals surface area contributed by atoms with Crippen molar-refractivity contribution in [3.63, 3.8) is 0 Å². The van der Waals surface area contributed by atoms with Gasteiger partial charge >= 0.3 is 5.97 Å². The van der Waals surface area contributed by atoms with Crippen LogP contribution in [0, 0.1) is 116 Å². The van der Waals surface area contributed by atoms with E-state index in [0.29, 0.717) is 17.9 Å². The fourth-order valence-corrected chi connectivity index (χ4v) is 6.93. The number of carbonyl (C=O) groups excluding carboxylic acids is 2. The van der Waals surface area contributed by atoms with Gasteiger partial charge in [-0.1, -0.05) is 43.7 Å². The molecule has 6 aromatic rings. The van der Waals surface area contributed by atoms with Crippen molar-refractivity contribution in [3.05, 3.63) is 182 Å². The quantitative estimate of drug-likeness (QED) is 0.0191. The molecule has 0 aliphatic heterocycles. The first kappa shape index (κ1) is 51.0. The lowest BCUT2D eigenvalue weighted by Crippen LogP contribution is -2.81. The molecule has 0 aliphatic rings. The number of esters is 1. The largest absolute Gasteiger partial charge is 0.458 e. The van der Waals surface area contributed by atoms with Gasteiger partial charge in [0.25, 0.3) is 5.69 Å². The molecular weight excluding hydrogens is 957 g/mol. The Bertz CT molecular complexity index is 2570. The maximum absolute atomic E-state index is 15.4. The molecule has 1 heterocycles. The Balaban J connectivity index is 0.000000319. The third-order valence-electron chi connectivity index (χ3n) is 10.00. The summed E-state index contributed by atoms with van der Waals surface area (Å²) < 4.78 is 301. The molecule has 0 unspecified atom stereocenters. The number of unbranched alkanes of at least 4 members (excludes halogenated alkanes) is 1. The van der Waals surface area contributed by atoms with Crippen molar-refractivity contribution < 1.29 is 107 Å². The van der Waals surface area contributed by atoms with Crippen LogP contribution in [0.4, 0.5) is 87.8 Å². The number of ether oxygens (including phenoxy) is 1. The first-order valence-corrected chi connectivity index (χ1v) is 18.4. The highest BCUT2D eigenvalue weighted by Crippen LogP contribution is 2.31. The van der Waals surface area contributed by atoms with Gasteiger partial charge < -0.3 is 4.74 Å². The van der Waals surface area contributed by atoms with Crippen LogP contribution in [0.25, 0.3) is 0 Å². The summed E-state index contributed by atoms with van der Waals surface area (Å²) in [6.45, 7) is 2.55. The fraction of sp³-hybridized carbons (Fsp3) is 0.119.